The number of carbonyl (C=O) groups is 1. The summed E-state index contributed by atoms with van der Waals surface area (Å²) in [5.41, 5.74) is 0.745. The van der Waals surface area contributed by atoms with Crippen LogP contribution < -0.4 is 14.8 Å². The number of aromatic nitrogens is 2. The molecule has 1 N–H and O–H groups in total. The Kier molecular flexibility index (Phi) is 8.20. The van der Waals surface area contributed by atoms with Crippen LogP contribution >= 0.6 is 0 Å². The number of aryl methyl sites for hydroxylation is 1. The summed E-state index contributed by atoms with van der Waals surface area (Å²) in [6.07, 6.45) is 6.98. The van der Waals surface area contributed by atoms with E-state index in [1.807, 2.05) is 0 Å². The summed E-state index contributed by atoms with van der Waals surface area (Å²) >= 11 is 0. The molecule has 158 valence electrons. The first-order valence-electron chi connectivity index (χ1n) is 9.04. The first-order chi connectivity index (χ1) is 13.8. The largest absolute Gasteiger partial charge is 0.497 e. The molecule has 0 aliphatic rings. The van der Waals surface area contributed by atoms with Crippen molar-refractivity contribution in [1.82, 2.24) is 15.5 Å². The van der Waals surface area contributed by atoms with Crippen LogP contribution in [0.1, 0.15) is 30.7 Å². The van der Waals surface area contributed by atoms with Crippen molar-refractivity contribution in [3.63, 3.8) is 0 Å². The van der Waals surface area contributed by atoms with E-state index in [4.69, 9.17) is 13.9 Å². The van der Waals surface area contributed by atoms with Crippen LogP contribution in [-0.2, 0) is 21.1 Å². The van der Waals surface area contributed by atoms with Crippen LogP contribution in [0.4, 0.5) is 0 Å². The normalized spacial score (nSPS) is 11.6. The van der Waals surface area contributed by atoms with Crippen molar-refractivity contribution in [2.75, 3.05) is 27.0 Å². The van der Waals surface area contributed by atoms with Gasteiger partial charge in [0.2, 0.25) is 21.6 Å². The molecule has 0 fully saturated rings. The monoisotopic (exact) mass is 423 g/mol. The Morgan fingerprint density at radius 2 is 1.97 bits per heavy atom. The number of nitrogens with one attached hydrogen (secondary N) is 1. The highest BCUT2D eigenvalue weighted by atomic mass is 32.2. The zero-order valence-electron chi connectivity index (χ0n) is 16.7. The topological polar surface area (TPSA) is 121 Å². The molecule has 1 aromatic carbocycles. The number of nitrogens with zero attached hydrogens (tertiary/aromatic N) is 2. The Bertz CT molecular complexity index is 953. The molecule has 1 amide bonds. The minimum absolute atomic E-state index is 0.204. The van der Waals surface area contributed by atoms with Crippen molar-refractivity contribution in [3.8, 4) is 11.5 Å². The summed E-state index contributed by atoms with van der Waals surface area (Å²) in [7, 11) is -0.334. The predicted octanol–water partition coefficient (Wildman–Crippen LogP) is 2.03. The van der Waals surface area contributed by atoms with Crippen molar-refractivity contribution in [2.24, 2.45) is 0 Å². The Morgan fingerprint density at radius 1 is 1.17 bits per heavy atom. The summed E-state index contributed by atoms with van der Waals surface area (Å²) < 4.78 is 38.1. The Balaban J connectivity index is 1.70. The fraction of sp³-hybridized carbons (Fsp3) is 0.421. The second-order valence-electron chi connectivity index (χ2n) is 6.28. The molecular formula is C19H25N3O6S. The lowest BCUT2D eigenvalue weighted by atomic mass is 10.1. The summed E-state index contributed by atoms with van der Waals surface area (Å²) in [4.78, 5) is 12.0. The molecule has 10 heteroatoms. The highest BCUT2D eigenvalue weighted by Crippen LogP contribution is 2.24. The van der Waals surface area contributed by atoms with Crippen LogP contribution in [0.5, 0.6) is 11.5 Å². The van der Waals surface area contributed by atoms with Gasteiger partial charge in [-0.15, -0.1) is 5.10 Å². The summed E-state index contributed by atoms with van der Waals surface area (Å²) in [5, 5.41) is 9.67. The molecule has 0 spiro atoms. The van der Waals surface area contributed by atoms with Gasteiger partial charge in [0.05, 0.1) is 14.2 Å². The number of unbranched alkanes of at least 4 members (excludes halogenated alkanes) is 2. The van der Waals surface area contributed by atoms with Crippen molar-refractivity contribution >= 4 is 21.8 Å². The molecule has 0 saturated heterocycles. The number of carbonyl (C=O) groups excluding carboxylic acids is 1. The average molecular weight is 423 g/mol. The third-order valence-corrected chi connectivity index (χ3v) is 4.78. The maximum Gasteiger partial charge on any atom is 0.335 e. The van der Waals surface area contributed by atoms with Gasteiger partial charge in [-0.05, 0) is 37.1 Å². The van der Waals surface area contributed by atoms with Crippen LogP contribution in [-0.4, -0.2) is 51.5 Å². The van der Waals surface area contributed by atoms with E-state index in [2.05, 4.69) is 15.5 Å². The number of rotatable bonds is 11. The van der Waals surface area contributed by atoms with E-state index >= 15 is 0 Å². The number of hydrogen-bond donors (Lipinski definition) is 1. The van der Waals surface area contributed by atoms with Crippen molar-refractivity contribution in [2.45, 2.75) is 30.9 Å². The van der Waals surface area contributed by atoms with E-state index in [1.54, 1.807) is 38.5 Å². The first kappa shape index (κ1) is 22.4. The van der Waals surface area contributed by atoms with Crippen LogP contribution in [0.25, 0.3) is 6.08 Å². The van der Waals surface area contributed by atoms with Crippen LogP contribution in [0.3, 0.4) is 0 Å². The molecule has 0 aliphatic carbocycles. The summed E-state index contributed by atoms with van der Waals surface area (Å²) in [5.74, 6) is 1.42. The van der Waals surface area contributed by atoms with E-state index in [9.17, 15) is 13.2 Å². The van der Waals surface area contributed by atoms with Gasteiger partial charge in [-0.2, -0.15) is 0 Å². The predicted molar refractivity (Wildman–Crippen MR) is 107 cm³/mol. The van der Waals surface area contributed by atoms with Gasteiger partial charge in [0, 0.05) is 30.9 Å². The molecule has 29 heavy (non-hydrogen) atoms. The molecule has 0 radical (unpaired) electrons. The molecule has 2 rings (SSSR count). The summed E-state index contributed by atoms with van der Waals surface area (Å²) in [6.45, 7) is 0.525. The van der Waals surface area contributed by atoms with E-state index in [-0.39, 0.29) is 11.1 Å². The minimum Gasteiger partial charge on any atom is -0.497 e. The molecule has 0 unspecified atom stereocenters. The number of benzene rings is 1. The quantitative estimate of drug-likeness (QED) is 0.430. The lowest BCUT2D eigenvalue weighted by Gasteiger charge is -2.07. The lowest BCUT2D eigenvalue weighted by molar-refractivity contribution is -0.116. The number of ether oxygens (including phenoxy) is 2. The van der Waals surface area contributed by atoms with Gasteiger partial charge in [-0.1, -0.05) is 11.5 Å². The fourth-order valence-corrected chi connectivity index (χ4v) is 2.91. The highest BCUT2D eigenvalue weighted by Gasteiger charge is 2.16. The van der Waals surface area contributed by atoms with E-state index in [0.717, 1.165) is 31.1 Å². The number of hydrogen-bond acceptors (Lipinski definition) is 8. The molecule has 2 aromatic rings. The number of methoxy groups -OCH3 is 2. The first-order valence-corrected chi connectivity index (χ1v) is 10.9. The van der Waals surface area contributed by atoms with Gasteiger partial charge < -0.3 is 19.2 Å². The number of amides is 1. The summed E-state index contributed by atoms with van der Waals surface area (Å²) in [6, 6.07) is 5.35. The molecule has 0 atom stereocenters. The second kappa shape index (κ2) is 10.6. The van der Waals surface area contributed by atoms with Crippen molar-refractivity contribution < 1.29 is 27.1 Å². The molecule has 0 bridgehead atoms. The average Bonchev–Trinajstić information content (AvgIpc) is 3.18. The molecule has 1 heterocycles. The van der Waals surface area contributed by atoms with Gasteiger partial charge in [0.1, 0.15) is 11.5 Å². The number of sulfone groups is 1. The maximum atomic E-state index is 12.0. The third kappa shape index (κ3) is 7.22. The van der Waals surface area contributed by atoms with E-state index < -0.39 is 9.84 Å². The van der Waals surface area contributed by atoms with Crippen LogP contribution in [0, 0.1) is 0 Å². The smallest absolute Gasteiger partial charge is 0.335 e. The fourth-order valence-electron chi connectivity index (χ4n) is 2.47. The van der Waals surface area contributed by atoms with E-state index in [0.29, 0.717) is 30.4 Å². The van der Waals surface area contributed by atoms with Gasteiger partial charge in [-0.25, -0.2) is 8.42 Å². The van der Waals surface area contributed by atoms with Crippen LogP contribution in [0.2, 0.25) is 0 Å². The molecule has 0 saturated carbocycles. The molecule has 0 aliphatic heterocycles. The van der Waals surface area contributed by atoms with Gasteiger partial charge >= 0.3 is 5.22 Å². The van der Waals surface area contributed by atoms with Crippen LogP contribution in [0.15, 0.2) is 33.9 Å². The minimum atomic E-state index is -3.47. The zero-order valence-corrected chi connectivity index (χ0v) is 17.5. The maximum absolute atomic E-state index is 12.0. The molecule has 9 nitrogen and oxygen atoms in total. The Morgan fingerprint density at radius 3 is 2.62 bits per heavy atom. The van der Waals surface area contributed by atoms with Gasteiger partial charge in [0.15, 0.2) is 0 Å². The Hall–Kier alpha value is -2.88. The Labute approximate surface area is 170 Å². The molecule has 1 aromatic heterocycles. The van der Waals surface area contributed by atoms with Crippen molar-refractivity contribution in [1.29, 1.82) is 0 Å². The zero-order chi connectivity index (χ0) is 21.3. The lowest BCUT2D eigenvalue weighted by Crippen LogP contribution is -2.22. The van der Waals surface area contributed by atoms with Gasteiger partial charge in [0.25, 0.3) is 0 Å². The van der Waals surface area contributed by atoms with Gasteiger partial charge in [-0.3, -0.25) is 4.79 Å². The third-order valence-electron chi connectivity index (χ3n) is 3.98. The molecular weight excluding hydrogens is 398 g/mol. The SMILES string of the molecule is COc1ccc(OC)c(/C=C/C(=O)NCCCCCc2nnc(S(C)(=O)=O)o2)c1. The second-order valence-corrected chi connectivity index (χ2v) is 8.17. The van der Waals surface area contributed by atoms with Crippen molar-refractivity contribution in [3.05, 3.63) is 35.7 Å². The van der Waals surface area contributed by atoms with E-state index in [1.165, 1.54) is 6.08 Å². The highest BCUT2D eigenvalue weighted by molar-refractivity contribution is 7.90. The standard InChI is InChI=1S/C19H25N3O6S/c1-26-15-9-10-16(27-2)14(13-15)8-11-17(23)20-12-6-4-5-7-18-21-22-19(28-18)29(3,24)25/h8-11,13H,4-7,12H2,1-3H3,(H,20,23)/b11-8+.